The molecular weight excluding hydrogens is 396 g/mol. The molecule has 4 nitrogen and oxygen atoms in total. The first-order chi connectivity index (χ1) is 15.8. The molecule has 0 aliphatic carbocycles. The molecule has 178 valence electrons. The summed E-state index contributed by atoms with van der Waals surface area (Å²) in [6.45, 7) is 5.41. The van der Waals surface area contributed by atoms with Crippen molar-refractivity contribution in [1.29, 1.82) is 0 Å². The second-order valence-corrected chi connectivity index (χ2v) is 8.92. The van der Waals surface area contributed by atoms with Crippen molar-refractivity contribution in [3.05, 3.63) is 42.2 Å². The molecule has 1 aromatic carbocycles. The number of hydrogen-bond donors (Lipinski definition) is 1. The summed E-state index contributed by atoms with van der Waals surface area (Å²) in [7, 11) is 0. The molecular formula is C28H44N2O2. The fourth-order valence-electron chi connectivity index (χ4n) is 4.05. The standard InChI is InChI=1S/C28H44N2O2/c1-3-5-7-9-10-11-12-14-20-32-27-21-29-28(30-22-27)25-18-16-24(17-19-25)26(23-31)15-13-8-6-4-2/h16-19,21-22,26,31H,3-15,20,23H2,1-2H3. The molecule has 0 aliphatic heterocycles. The van der Waals surface area contributed by atoms with Crippen LogP contribution in [0.3, 0.4) is 0 Å². The monoisotopic (exact) mass is 440 g/mol. The predicted molar refractivity (Wildman–Crippen MR) is 134 cm³/mol. The van der Waals surface area contributed by atoms with Crippen LogP contribution >= 0.6 is 0 Å². The van der Waals surface area contributed by atoms with E-state index in [9.17, 15) is 5.11 Å². The van der Waals surface area contributed by atoms with Crippen molar-refractivity contribution in [2.45, 2.75) is 103 Å². The van der Waals surface area contributed by atoms with Crippen molar-refractivity contribution in [3.8, 4) is 17.1 Å². The van der Waals surface area contributed by atoms with Crippen LogP contribution in [0.4, 0.5) is 0 Å². The maximum atomic E-state index is 9.78. The third-order valence-corrected chi connectivity index (χ3v) is 6.16. The van der Waals surface area contributed by atoms with E-state index < -0.39 is 0 Å². The summed E-state index contributed by atoms with van der Waals surface area (Å²) in [5, 5.41) is 9.78. The van der Waals surface area contributed by atoms with E-state index in [-0.39, 0.29) is 12.5 Å². The third kappa shape index (κ3) is 10.1. The molecule has 0 fully saturated rings. The Balaban J connectivity index is 1.72. The fraction of sp³-hybridized carbons (Fsp3) is 0.643. The van der Waals surface area contributed by atoms with Crippen LogP contribution in [-0.2, 0) is 0 Å². The van der Waals surface area contributed by atoms with E-state index in [1.807, 2.05) is 0 Å². The highest BCUT2D eigenvalue weighted by Crippen LogP contribution is 2.25. The van der Waals surface area contributed by atoms with Gasteiger partial charge in [-0.25, -0.2) is 9.97 Å². The summed E-state index contributed by atoms with van der Waals surface area (Å²) in [6.07, 6.45) is 19.9. The number of aliphatic hydroxyl groups excluding tert-OH is 1. The molecule has 0 amide bonds. The Morgan fingerprint density at radius 1 is 0.750 bits per heavy atom. The molecule has 32 heavy (non-hydrogen) atoms. The van der Waals surface area contributed by atoms with E-state index in [1.165, 1.54) is 76.2 Å². The number of aliphatic hydroxyl groups is 1. The minimum absolute atomic E-state index is 0.201. The zero-order valence-corrected chi connectivity index (χ0v) is 20.4. The van der Waals surface area contributed by atoms with Gasteiger partial charge in [0, 0.05) is 18.1 Å². The Bertz CT molecular complexity index is 700. The van der Waals surface area contributed by atoms with Crippen LogP contribution in [0.15, 0.2) is 36.7 Å². The molecule has 0 saturated carbocycles. The topological polar surface area (TPSA) is 55.2 Å². The van der Waals surface area contributed by atoms with Gasteiger partial charge in [0.25, 0.3) is 0 Å². The van der Waals surface area contributed by atoms with Crippen LogP contribution in [0.25, 0.3) is 11.4 Å². The van der Waals surface area contributed by atoms with E-state index in [0.29, 0.717) is 5.82 Å². The summed E-state index contributed by atoms with van der Waals surface area (Å²) < 4.78 is 5.81. The molecule has 0 saturated heterocycles. The lowest BCUT2D eigenvalue weighted by atomic mass is 9.93. The Kier molecular flexibility index (Phi) is 13.7. The second-order valence-electron chi connectivity index (χ2n) is 8.92. The molecule has 0 radical (unpaired) electrons. The molecule has 2 aromatic rings. The number of rotatable bonds is 18. The van der Waals surface area contributed by atoms with Crippen molar-refractivity contribution >= 4 is 0 Å². The van der Waals surface area contributed by atoms with Crippen LogP contribution in [0.1, 0.15) is 109 Å². The maximum Gasteiger partial charge on any atom is 0.159 e. The lowest BCUT2D eigenvalue weighted by Gasteiger charge is -2.15. The molecule has 2 rings (SSSR count). The van der Waals surface area contributed by atoms with E-state index in [4.69, 9.17) is 4.74 Å². The summed E-state index contributed by atoms with van der Waals surface area (Å²) in [5.74, 6) is 1.66. The minimum atomic E-state index is 0.201. The maximum absolute atomic E-state index is 9.78. The van der Waals surface area contributed by atoms with E-state index >= 15 is 0 Å². The molecule has 1 N–H and O–H groups in total. The van der Waals surface area contributed by atoms with Gasteiger partial charge < -0.3 is 9.84 Å². The molecule has 0 spiro atoms. The third-order valence-electron chi connectivity index (χ3n) is 6.16. The summed E-state index contributed by atoms with van der Waals surface area (Å²) >= 11 is 0. The lowest BCUT2D eigenvalue weighted by Crippen LogP contribution is -2.04. The summed E-state index contributed by atoms with van der Waals surface area (Å²) in [5.41, 5.74) is 2.18. The Morgan fingerprint density at radius 3 is 1.91 bits per heavy atom. The van der Waals surface area contributed by atoms with Crippen LogP contribution in [0, 0.1) is 0 Å². The molecule has 1 heterocycles. The Hall–Kier alpha value is -1.94. The highest BCUT2D eigenvalue weighted by atomic mass is 16.5. The minimum Gasteiger partial charge on any atom is -0.490 e. The number of ether oxygens (including phenoxy) is 1. The number of unbranched alkanes of at least 4 members (excludes halogenated alkanes) is 10. The largest absolute Gasteiger partial charge is 0.490 e. The highest BCUT2D eigenvalue weighted by Gasteiger charge is 2.11. The van der Waals surface area contributed by atoms with Gasteiger partial charge in [0.05, 0.1) is 19.0 Å². The molecule has 4 heteroatoms. The quantitative estimate of drug-likeness (QED) is 0.241. The number of aromatic nitrogens is 2. The fourth-order valence-corrected chi connectivity index (χ4v) is 4.05. The first-order valence-corrected chi connectivity index (χ1v) is 12.9. The van der Waals surface area contributed by atoms with Gasteiger partial charge in [-0.3, -0.25) is 0 Å². The molecule has 0 bridgehead atoms. The van der Waals surface area contributed by atoms with Crippen LogP contribution < -0.4 is 4.74 Å². The van der Waals surface area contributed by atoms with Crippen molar-refractivity contribution in [2.24, 2.45) is 0 Å². The second kappa shape index (κ2) is 16.7. The Labute approximate surface area is 195 Å². The van der Waals surface area contributed by atoms with Crippen molar-refractivity contribution in [2.75, 3.05) is 13.2 Å². The van der Waals surface area contributed by atoms with Gasteiger partial charge in [0.15, 0.2) is 11.6 Å². The van der Waals surface area contributed by atoms with E-state index in [0.717, 1.165) is 30.8 Å². The van der Waals surface area contributed by atoms with E-state index in [2.05, 4.69) is 48.1 Å². The normalized spacial score (nSPS) is 12.1. The molecule has 1 atom stereocenters. The molecule has 1 unspecified atom stereocenters. The van der Waals surface area contributed by atoms with Gasteiger partial charge in [-0.15, -0.1) is 0 Å². The zero-order valence-electron chi connectivity index (χ0n) is 20.4. The number of hydrogen-bond acceptors (Lipinski definition) is 4. The smallest absolute Gasteiger partial charge is 0.159 e. The van der Waals surface area contributed by atoms with Gasteiger partial charge in [-0.1, -0.05) is 109 Å². The number of nitrogens with zero attached hydrogens (tertiary/aromatic N) is 2. The van der Waals surface area contributed by atoms with Crippen LogP contribution in [0.5, 0.6) is 5.75 Å². The van der Waals surface area contributed by atoms with Crippen LogP contribution in [0.2, 0.25) is 0 Å². The SMILES string of the molecule is CCCCCCCCCCOc1cnc(-c2ccc(C(CO)CCCCCC)cc2)nc1. The van der Waals surface area contributed by atoms with Crippen molar-refractivity contribution in [3.63, 3.8) is 0 Å². The summed E-state index contributed by atoms with van der Waals surface area (Å²) in [4.78, 5) is 8.97. The van der Waals surface area contributed by atoms with Gasteiger partial charge in [-0.05, 0) is 18.4 Å². The lowest BCUT2D eigenvalue weighted by molar-refractivity contribution is 0.256. The first-order valence-electron chi connectivity index (χ1n) is 12.9. The van der Waals surface area contributed by atoms with Gasteiger partial charge in [-0.2, -0.15) is 0 Å². The Morgan fingerprint density at radius 2 is 1.31 bits per heavy atom. The van der Waals surface area contributed by atoms with Crippen molar-refractivity contribution < 1.29 is 9.84 Å². The average Bonchev–Trinajstić information content (AvgIpc) is 2.84. The molecule has 1 aromatic heterocycles. The highest BCUT2D eigenvalue weighted by molar-refractivity contribution is 5.55. The summed E-state index contributed by atoms with van der Waals surface area (Å²) in [6, 6.07) is 8.32. The predicted octanol–water partition coefficient (Wildman–Crippen LogP) is 7.71. The van der Waals surface area contributed by atoms with Gasteiger partial charge in [0.2, 0.25) is 0 Å². The zero-order chi connectivity index (χ0) is 22.9. The van der Waals surface area contributed by atoms with Gasteiger partial charge >= 0.3 is 0 Å². The first kappa shape index (κ1) is 26.3. The van der Waals surface area contributed by atoms with E-state index in [1.54, 1.807) is 12.4 Å². The van der Waals surface area contributed by atoms with Crippen molar-refractivity contribution in [1.82, 2.24) is 9.97 Å². The van der Waals surface area contributed by atoms with Crippen LogP contribution in [-0.4, -0.2) is 28.3 Å². The van der Waals surface area contributed by atoms with Gasteiger partial charge in [0.1, 0.15) is 0 Å². The average molecular weight is 441 g/mol. The molecule has 0 aliphatic rings. The number of benzene rings is 1.